The highest BCUT2D eigenvalue weighted by molar-refractivity contribution is 5.33. The van der Waals surface area contributed by atoms with Crippen molar-refractivity contribution in [3.8, 4) is 11.8 Å². The normalized spacial score (nSPS) is 13.6. The molecule has 0 aliphatic rings. The van der Waals surface area contributed by atoms with Gasteiger partial charge in [0.2, 0.25) is 0 Å². The molecule has 1 atom stereocenters. The first kappa shape index (κ1) is 15.5. The van der Waals surface area contributed by atoms with Gasteiger partial charge in [0.25, 0.3) is 0 Å². The number of aryl methyl sites for hydroxylation is 1. The summed E-state index contributed by atoms with van der Waals surface area (Å²) in [7, 11) is 1.85. The van der Waals surface area contributed by atoms with Gasteiger partial charge in [-0.2, -0.15) is 5.26 Å². The lowest BCUT2D eigenvalue weighted by molar-refractivity contribution is 0.279. The third kappa shape index (κ3) is 4.25. The number of nitrogens with one attached hydrogen (secondary N) is 1. The van der Waals surface area contributed by atoms with Crippen LogP contribution in [0.4, 0.5) is 0 Å². The van der Waals surface area contributed by atoms with Crippen LogP contribution in [0.5, 0.6) is 5.75 Å². The second-order valence-corrected chi connectivity index (χ2v) is 4.71. The largest absolute Gasteiger partial charge is 0.493 e. The Morgan fingerprint density at radius 1 is 1.32 bits per heavy atom. The van der Waals surface area contributed by atoms with Crippen LogP contribution in [0.2, 0.25) is 0 Å². The third-order valence-electron chi connectivity index (χ3n) is 3.66. The molecular weight excluding hydrogens is 236 g/mol. The fourth-order valence-electron chi connectivity index (χ4n) is 2.16. The van der Waals surface area contributed by atoms with Gasteiger partial charge < -0.3 is 10.1 Å². The molecule has 0 fully saturated rings. The highest BCUT2D eigenvalue weighted by Crippen LogP contribution is 2.20. The average molecular weight is 260 g/mol. The second kappa shape index (κ2) is 7.81. The molecule has 1 N–H and O–H groups in total. The number of hydrogen-bond donors (Lipinski definition) is 1. The van der Waals surface area contributed by atoms with E-state index >= 15 is 0 Å². The molecule has 1 aromatic carbocycles. The Kier molecular flexibility index (Phi) is 6.38. The standard InChI is InChI=1S/C16H24N2O/c1-4-14-9-6-7-10-15(14)19-12-8-11-16(5-2,13-17)18-3/h6-7,9-10,18H,4-5,8,11-12H2,1-3H3. The van der Waals surface area contributed by atoms with E-state index in [0.717, 1.165) is 31.4 Å². The Hall–Kier alpha value is -1.53. The molecule has 104 valence electrons. The third-order valence-corrected chi connectivity index (χ3v) is 3.66. The molecule has 0 saturated carbocycles. The van der Waals surface area contributed by atoms with Crippen molar-refractivity contribution >= 4 is 0 Å². The first-order valence-electron chi connectivity index (χ1n) is 7.02. The predicted molar refractivity (Wildman–Crippen MR) is 78.2 cm³/mol. The summed E-state index contributed by atoms with van der Waals surface area (Å²) in [5.41, 5.74) is 0.825. The number of hydrogen-bond acceptors (Lipinski definition) is 3. The van der Waals surface area contributed by atoms with Gasteiger partial charge in [-0.1, -0.05) is 32.0 Å². The molecule has 0 aliphatic carbocycles. The van der Waals surface area contributed by atoms with Crippen LogP contribution in [-0.4, -0.2) is 19.2 Å². The van der Waals surface area contributed by atoms with Crippen molar-refractivity contribution in [3.63, 3.8) is 0 Å². The first-order valence-corrected chi connectivity index (χ1v) is 7.02. The van der Waals surface area contributed by atoms with Crippen LogP contribution in [0.25, 0.3) is 0 Å². The Balaban J connectivity index is 2.45. The molecule has 0 spiro atoms. The fraction of sp³-hybridized carbons (Fsp3) is 0.562. The van der Waals surface area contributed by atoms with Gasteiger partial charge in [-0.05, 0) is 44.4 Å². The van der Waals surface area contributed by atoms with Crippen LogP contribution in [0.1, 0.15) is 38.7 Å². The molecule has 0 saturated heterocycles. The van der Waals surface area contributed by atoms with Crippen molar-refractivity contribution < 1.29 is 4.74 Å². The van der Waals surface area contributed by atoms with Gasteiger partial charge in [-0.25, -0.2) is 0 Å². The van der Waals surface area contributed by atoms with Crippen molar-refractivity contribution in [1.82, 2.24) is 5.32 Å². The summed E-state index contributed by atoms with van der Waals surface area (Å²) in [6, 6.07) is 10.5. The van der Waals surface area contributed by atoms with E-state index in [0.29, 0.717) is 6.61 Å². The zero-order valence-electron chi connectivity index (χ0n) is 12.2. The monoisotopic (exact) mass is 260 g/mol. The number of benzene rings is 1. The lowest BCUT2D eigenvalue weighted by atomic mass is 9.92. The lowest BCUT2D eigenvalue weighted by Gasteiger charge is -2.24. The summed E-state index contributed by atoms with van der Waals surface area (Å²) in [5, 5.41) is 12.3. The van der Waals surface area contributed by atoms with Crippen LogP contribution in [0.3, 0.4) is 0 Å². The molecule has 3 nitrogen and oxygen atoms in total. The Morgan fingerprint density at radius 2 is 2.05 bits per heavy atom. The van der Waals surface area contributed by atoms with Crippen molar-refractivity contribution in [2.75, 3.05) is 13.7 Å². The average Bonchev–Trinajstić information content (AvgIpc) is 2.48. The Bertz CT molecular complexity index is 419. The highest BCUT2D eigenvalue weighted by Gasteiger charge is 2.24. The maximum Gasteiger partial charge on any atom is 0.122 e. The van der Waals surface area contributed by atoms with Gasteiger partial charge in [0.1, 0.15) is 11.3 Å². The van der Waals surface area contributed by atoms with E-state index in [1.165, 1.54) is 5.56 Å². The number of ether oxygens (including phenoxy) is 1. The van der Waals surface area contributed by atoms with E-state index in [4.69, 9.17) is 4.74 Å². The summed E-state index contributed by atoms with van der Waals surface area (Å²) < 4.78 is 5.82. The zero-order valence-corrected chi connectivity index (χ0v) is 12.2. The zero-order chi connectivity index (χ0) is 14.1. The van der Waals surface area contributed by atoms with E-state index < -0.39 is 5.54 Å². The van der Waals surface area contributed by atoms with Gasteiger partial charge >= 0.3 is 0 Å². The van der Waals surface area contributed by atoms with Crippen molar-refractivity contribution in [3.05, 3.63) is 29.8 Å². The number of rotatable bonds is 8. The van der Waals surface area contributed by atoms with Gasteiger partial charge in [0.05, 0.1) is 12.7 Å². The van der Waals surface area contributed by atoms with Gasteiger partial charge in [0.15, 0.2) is 0 Å². The number of para-hydroxylation sites is 1. The molecule has 19 heavy (non-hydrogen) atoms. The molecule has 1 unspecified atom stereocenters. The van der Waals surface area contributed by atoms with Gasteiger partial charge in [-0.3, -0.25) is 0 Å². The summed E-state index contributed by atoms with van der Waals surface area (Å²) in [6.45, 7) is 4.82. The van der Waals surface area contributed by atoms with Gasteiger partial charge in [0, 0.05) is 0 Å². The van der Waals surface area contributed by atoms with E-state index in [2.05, 4.69) is 24.4 Å². The minimum absolute atomic E-state index is 0.409. The van der Waals surface area contributed by atoms with E-state index in [9.17, 15) is 5.26 Å². The second-order valence-electron chi connectivity index (χ2n) is 4.71. The van der Waals surface area contributed by atoms with Crippen molar-refractivity contribution in [2.45, 2.75) is 45.1 Å². The van der Waals surface area contributed by atoms with Crippen LogP contribution < -0.4 is 10.1 Å². The molecule has 1 aromatic rings. The van der Waals surface area contributed by atoms with E-state index in [1.807, 2.05) is 32.2 Å². The fourth-order valence-corrected chi connectivity index (χ4v) is 2.16. The Labute approximate surface area is 116 Å². The first-order chi connectivity index (χ1) is 9.21. The number of nitrogens with zero attached hydrogens (tertiary/aromatic N) is 1. The maximum absolute atomic E-state index is 9.22. The molecular formula is C16H24N2O. The van der Waals surface area contributed by atoms with Crippen LogP contribution in [0, 0.1) is 11.3 Å². The maximum atomic E-state index is 9.22. The molecule has 0 aromatic heterocycles. The minimum atomic E-state index is -0.409. The molecule has 3 heteroatoms. The quantitative estimate of drug-likeness (QED) is 0.729. The summed E-state index contributed by atoms with van der Waals surface area (Å²) in [5.74, 6) is 0.966. The van der Waals surface area contributed by atoms with E-state index in [-0.39, 0.29) is 0 Å². The molecule has 0 radical (unpaired) electrons. The molecule has 0 aliphatic heterocycles. The topological polar surface area (TPSA) is 45.0 Å². The van der Waals surface area contributed by atoms with Gasteiger partial charge in [-0.15, -0.1) is 0 Å². The van der Waals surface area contributed by atoms with Crippen molar-refractivity contribution in [2.24, 2.45) is 0 Å². The summed E-state index contributed by atoms with van der Waals surface area (Å²) in [6.07, 6.45) is 3.47. The minimum Gasteiger partial charge on any atom is -0.493 e. The van der Waals surface area contributed by atoms with Crippen LogP contribution in [0.15, 0.2) is 24.3 Å². The van der Waals surface area contributed by atoms with Crippen molar-refractivity contribution in [1.29, 1.82) is 5.26 Å². The predicted octanol–water partition coefficient (Wildman–Crippen LogP) is 3.30. The van der Waals surface area contributed by atoms with E-state index in [1.54, 1.807) is 0 Å². The molecule has 0 heterocycles. The smallest absolute Gasteiger partial charge is 0.122 e. The lowest BCUT2D eigenvalue weighted by Crippen LogP contribution is -2.41. The molecule has 1 rings (SSSR count). The summed E-state index contributed by atoms with van der Waals surface area (Å²) in [4.78, 5) is 0. The van der Waals surface area contributed by atoms with Crippen LogP contribution >= 0.6 is 0 Å². The van der Waals surface area contributed by atoms with Crippen LogP contribution in [-0.2, 0) is 6.42 Å². The SMILES string of the molecule is CCc1ccccc1OCCCC(C#N)(CC)NC. The number of nitriles is 1. The summed E-state index contributed by atoms with van der Waals surface area (Å²) >= 11 is 0. The molecule has 0 amide bonds. The highest BCUT2D eigenvalue weighted by atomic mass is 16.5. The molecule has 0 bridgehead atoms. The Morgan fingerprint density at radius 3 is 2.63 bits per heavy atom.